The highest BCUT2D eigenvalue weighted by Crippen LogP contribution is 2.20. The number of Topliss-reactive ketones (excluding diaryl/α,β-unsaturated/α-hetero) is 2. The molecule has 0 heterocycles. The Hall–Kier alpha value is -2.94. The Kier molecular flexibility index (Phi) is 5.14. The van der Waals surface area contributed by atoms with E-state index in [0.717, 1.165) is 0 Å². The number of benzene rings is 2. The van der Waals surface area contributed by atoms with Crippen LogP contribution in [0.25, 0.3) is 0 Å². The van der Waals surface area contributed by atoms with Gasteiger partial charge in [0.15, 0.2) is 11.6 Å². The maximum absolute atomic E-state index is 12.3. The molecule has 24 heavy (non-hydrogen) atoms. The first-order valence-electron chi connectivity index (χ1n) is 6.52. The van der Waals surface area contributed by atoms with Crippen LogP contribution in [0.1, 0.15) is 20.7 Å². The van der Waals surface area contributed by atoms with Crippen molar-refractivity contribution in [1.29, 1.82) is 0 Å². The lowest BCUT2D eigenvalue weighted by Gasteiger charge is -2.08. The van der Waals surface area contributed by atoms with Crippen molar-refractivity contribution in [2.75, 3.05) is 0 Å². The van der Waals surface area contributed by atoms with Gasteiger partial charge in [-0.15, -0.1) is 0 Å². The van der Waals surface area contributed by atoms with E-state index in [9.17, 15) is 29.8 Å². The number of non-ortho nitro benzene ring substituents is 2. The van der Waals surface area contributed by atoms with Crippen molar-refractivity contribution in [3.63, 3.8) is 0 Å². The van der Waals surface area contributed by atoms with Gasteiger partial charge in [-0.25, -0.2) is 0 Å². The van der Waals surface area contributed by atoms with Crippen molar-refractivity contribution in [2.24, 2.45) is 0 Å². The molecule has 0 N–H and O–H groups in total. The predicted octanol–water partition coefficient (Wildman–Crippen LogP) is 3.33. The van der Waals surface area contributed by atoms with Gasteiger partial charge in [-0.1, -0.05) is 15.9 Å². The molecule has 0 aliphatic carbocycles. The summed E-state index contributed by atoms with van der Waals surface area (Å²) in [5, 5.41) is 21.2. The predicted molar refractivity (Wildman–Crippen MR) is 87.6 cm³/mol. The molecule has 0 fully saturated rings. The molecule has 0 saturated carbocycles. The van der Waals surface area contributed by atoms with Crippen molar-refractivity contribution >= 4 is 38.9 Å². The molecular weight excluding hydrogens is 384 g/mol. The summed E-state index contributed by atoms with van der Waals surface area (Å²) in [7, 11) is 0. The third kappa shape index (κ3) is 3.69. The maximum Gasteiger partial charge on any atom is 0.269 e. The molecule has 0 aliphatic heterocycles. The summed E-state index contributed by atoms with van der Waals surface area (Å²) in [6.07, 6.45) is 0. The number of hydrogen-bond acceptors (Lipinski definition) is 6. The topological polar surface area (TPSA) is 120 Å². The van der Waals surface area contributed by atoms with Crippen molar-refractivity contribution < 1.29 is 19.4 Å². The molecule has 0 atom stereocenters. The van der Waals surface area contributed by atoms with Gasteiger partial charge in [-0.3, -0.25) is 29.8 Å². The summed E-state index contributed by atoms with van der Waals surface area (Å²) in [5.74, 6) is -1.12. The minimum absolute atomic E-state index is 0.137. The summed E-state index contributed by atoms with van der Waals surface area (Å²) in [6, 6.07) is 9.73. The molecule has 2 aromatic rings. The quantitative estimate of drug-likeness (QED) is 0.244. The SMILES string of the molecule is O=C(c1ccc([N+](=O)[O-])cc1)C(Br)C(=O)c1ccc([N+](=O)[O-])cc1. The zero-order valence-electron chi connectivity index (χ0n) is 11.9. The molecular formula is C15H9BrN2O6. The average Bonchev–Trinajstić information content (AvgIpc) is 2.60. The van der Waals surface area contributed by atoms with Crippen LogP contribution in [-0.4, -0.2) is 26.2 Å². The highest BCUT2D eigenvalue weighted by atomic mass is 79.9. The van der Waals surface area contributed by atoms with Crippen LogP contribution in [0.5, 0.6) is 0 Å². The standard InChI is InChI=1S/C15H9BrN2O6/c16-13(14(19)9-1-5-11(6-2-9)17(21)22)15(20)10-3-7-12(8-4-10)18(23)24/h1-8,13H. The Morgan fingerprint density at radius 2 is 1.04 bits per heavy atom. The van der Waals surface area contributed by atoms with Crippen LogP contribution in [0, 0.1) is 20.2 Å². The first kappa shape index (κ1) is 17.4. The van der Waals surface area contributed by atoms with Gasteiger partial charge in [0.1, 0.15) is 4.83 Å². The van der Waals surface area contributed by atoms with E-state index in [2.05, 4.69) is 15.9 Å². The van der Waals surface area contributed by atoms with Gasteiger partial charge in [-0.05, 0) is 24.3 Å². The van der Waals surface area contributed by atoms with Crippen LogP contribution in [0.4, 0.5) is 11.4 Å². The number of hydrogen-bond donors (Lipinski definition) is 0. The monoisotopic (exact) mass is 392 g/mol. The smallest absolute Gasteiger partial charge is 0.269 e. The van der Waals surface area contributed by atoms with E-state index in [1.54, 1.807) is 0 Å². The molecule has 9 heteroatoms. The van der Waals surface area contributed by atoms with Crippen LogP contribution in [0.15, 0.2) is 48.5 Å². The molecule has 0 unspecified atom stereocenters. The fraction of sp³-hybridized carbons (Fsp3) is 0.0667. The third-order valence-corrected chi connectivity index (χ3v) is 4.02. The lowest BCUT2D eigenvalue weighted by Crippen LogP contribution is -2.24. The number of nitro benzene ring substituents is 2. The van der Waals surface area contributed by atoms with Gasteiger partial charge in [0, 0.05) is 35.4 Å². The first-order chi connectivity index (χ1) is 11.3. The Labute approximate surface area is 143 Å². The second-order valence-corrected chi connectivity index (χ2v) is 5.61. The van der Waals surface area contributed by atoms with Gasteiger partial charge in [0.25, 0.3) is 11.4 Å². The normalized spacial score (nSPS) is 10.4. The van der Waals surface area contributed by atoms with E-state index in [4.69, 9.17) is 0 Å². The largest absolute Gasteiger partial charge is 0.292 e. The molecule has 122 valence electrons. The summed E-state index contributed by atoms with van der Waals surface area (Å²) in [5.41, 5.74) is -0.0609. The second-order valence-electron chi connectivity index (χ2n) is 4.70. The number of halogens is 1. The third-order valence-electron chi connectivity index (χ3n) is 3.19. The molecule has 8 nitrogen and oxygen atoms in total. The van der Waals surface area contributed by atoms with Crippen molar-refractivity contribution in [3.8, 4) is 0 Å². The maximum atomic E-state index is 12.3. The minimum atomic E-state index is -1.19. The number of ketones is 2. The Morgan fingerprint density at radius 3 is 1.29 bits per heavy atom. The van der Waals surface area contributed by atoms with Crippen molar-refractivity contribution in [3.05, 3.63) is 79.9 Å². The zero-order chi connectivity index (χ0) is 17.9. The molecule has 0 spiro atoms. The zero-order valence-corrected chi connectivity index (χ0v) is 13.5. The van der Waals surface area contributed by atoms with E-state index in [1.807, 2.05) is 0 Å². The molecule has 2 rings (SSSR count). The van der Waals surface area contributed by atoms with Gasteiger partial charge in [-0.2, -0.15) is 0 Å². The van der Waals surface area contributed by atoms with Crippen molar-refractivity contribution in [1.82, 2.24) is 0 Å². The van der Waals surface area contributed by atoms with Crippen molar-refractivity contribution in [2.45, 2.75) is 4.83 Å². The molecule has 0 amide bonds. The molecule has 0 radical (unpaired) electrons. The first-order valence-corrected chi connectivity index (χ1v) is 7.44. The van der Waals surface area contributed by atoms with Gasteiger partial charge < -0.3 is 0 Å². The Morgan fingerprint density at radius 1 is 0.750 bits per heavy atom. The summed E-state index contributed by atoms with van der Waals surface area (Å²) < 4.78 is 0. The highest BCUT2D eigenvalue weighted by Gasteiger charge is 2.26. The van der Waals surface area contributed by atoms with Crippen LogP contribution < -0.4 is 0 Å². The average molecular weight is 393 g/mol. The van der Waals surface area contributed by atoms with E-state index in [1.165, 1.54) is 48.5 Å². The van der Waals surface area contributed by atoms with Crippen LogP contribution in [0.2, 0.25) is 0 Å². The van der Waals surface area contributed by atoms with E-state index in [0.29, 0.717) is 0 Å². The molecule has 0 saturated heterocycles. The second kappa shape index (κ2) is 7.09. The summed E-state index contributed by atoms with van der Waals surface area (Å²) in [4.78, 5) is 43.3. The number of rotatable bonds is 6. The molecule has 0 aliphatic rings. The van der Waals surface area contributed by atoms with Gasteiger partial charge in [0.2, 0.25) is 0 Å². The number of nitro groups is 2. The fourth-order valence-corrected chi connectivity index (χ4v) is 2.44. The highest BCUT2D eigenvalue weighted by molar-refractivity contribution is 9.10. The molecule has 0 bridgehead atoms. The number of carbonyl (C=O) groups excluding carboxylic acids is 2. The minimum Gasteiger partial charge on any atom is -0.292 e. The fourth-order valence-electron chi connectivity index (χ4n) is 1.91. The summed E-state index contributed by atoms with van der Waals surface area (Å²) in [6.45, 7) is 0. The van der Waals surface area contributed by atoms with Crippen LogP contribution in [0.3, 0.4) is 0 Å². The summed E-state index contributed by atoms with van der Waals surface area (Å²) >= 11 is 3.01. The number of carbonyl (C=O) groups is 2. The van der Waals surface area contributed by atoms with Gasteiger partial charge in [0.05, 0.1) is 9.85 Å². The van der Waals surface area contributed by atoms with Crippen LogP contribution >= 0.6 is 15.9 Å². The van der Waals surface area contributed by atoms with E-state index < -0.39 is 26.2 Å². The Bertz CT molecular complexity index is 747. The lowest BCUT2D eigenvalue weighted by atomic mass is 10.0. The van der Waals surface area contributed by atoms with E-state index >= 15 is 0 Å². The number of nitrogens with zero attached hydrogens (tertiary/aromatic N) is 2. The molecule has 2 aromatic carbocycles. The lowest BCUT2D eigenvalue weighted by molar-refractivity contribution is -0.385. The Balaban J connectivity index is 2.18. The van der Waals surface area contributed by atoms with E-state index in [-0.39, 0.29) is 22.5 Å². The molecule has 0 aromatic heterocycles. The van der Waals surface area contributed by atoms with Crippen LogP contribution in [-0.2, 0) is 0 Å². The number of alkyl halides is 1. The van der Waals surface area contributed by atoms with Gasteiger partial charge >= 0.3 is 0 Å².